The van der Waals surface area contributed by atoms with Gasteiger partial charge < -0.3 is 9.42 Å². The Morgan fingerprint density at radius 3 is 2.86 bits per heavy atom. The number of carbonyl (C=O) groups is 1. The van der Waals surface area contributed by atoms with E-state index < -0.39 is 0 Å². The highest BCUT2D eigenvalue weighted by atomic mass is 16.5. The topological polar surface area (TPSA) is 59.2 Å². The summed E-state index contributed by atoms with van der Waals surface area (Å²) >= 11 is 0. The van der Waals surface area contributed by atoms with Gasteiger partial charge >= 0.3 is 0 Å². The molecule has 3 rings (SSSR count). The van der Waals surface area contributed by atoms with Crippen molar-refractivity contribution in [3.63, 3.8) is 0 Å². The van der Waals surface area contributed by atoms with Crippen LogP contribution in [0.5, 0.6) is 0 Å². The van der Waals surface area contributed by atoms with Crippen molar-refractivity contribution < 1.29 is 9.32 Å². The lowest BCUT2D eigenvalue weighted by molar-refractivity contribution is -0.135. The third kappa shape index (κ3) is 3.87. The number of aromatic nitrogens is 2. The van der Waals surface area contributed by atoms with E-state index in [4.69, 9.17) is 4.52 Å². The van der Waals surface area contributed by atoms with Crippen molar-refractivity contribution in [1.82, 2.24) is 15.0 Å². The minimum Gasteiger partial charge on any atom is -0.340 e. The molecule has 0 radical (unpaired) electrons. The smallest absolute Gasteiger partial charge is 0.227 e. The minimum absolute atomic E-state index is 0.247. The van der Waals surface area contributed by atoms with Crippen LogP contribution in [0.4, 0.5) is 0 Å². The number of hydrogen-bond donors (Lipinski definition) is 0. The van der Waals surface area contributed by atoms with Crippen LogP contribution in [-0.4, -0.2) is 33.5 Å². The fourth-order valence-electron chi connectivity index (χ4n) is 3.35. The Balaban J connectivity index is 1.52. The molecule has 5 heteroatoms. The highest BCUT2D eigenvalue weighted by Crippen LogP contribution is 2.38. The lowest BCUT2D eigenvalue weighted by atomic mass is 9.93. The molecule has 2 heterocycles. The molecule has 1 amide bonds. The number of nitrogens with zero attached hydrogens (tertiary/aromatic N) is 3. The molecule has 2 fully saturated rings. The molecule has 122 valence electrons. The van der Waals surface area contributed by atoms with Crippen molar-refractivity contribution >= 4 is 5.91 Å². The Bertz CT molecular complexity index is 508. The summed E-state index contributed by atoms with van der Waals surface area (Å²) < 4.78 is 5.26. The fourth-order valence-corrected chi connectivity index (χ4v) is 3.35. The molecule has 0 bridgehead atoms. The Hall–Kier alpha value is -1.39. The predicted molar refractivity (Wildman–Crippen MR) is 83.4 cm³/mol. The number of likely N-dealkylation sites (tertiary alicyclic amines) is 1. The Kier molecular flexibility index (Phi) is 4.79. The van der Waals surface area contributed by atoms with Crippen molar-refractivity contribution in [1.29, 1.82) is 0 Å². The molecule has 22 heavy (non-hydrogen) atoms. The lowest BCUT2D eigenvalue weighted by Crippen LogP contribution is -2.44. The van der Waals surface area contributed by atoms with E-state index in [1.54, 1.807) is 0 Å². The van der Waals surface area contributed by atoms with Gasteiger partial charge in [0.1, 0.15) is 0 Å². The number of rotatable bonds is 6. The summed E-state index contributed by atoms with van der Waals surface area (Å²) in [6.07, 6.45) is 8.03. The van der Waals surface area contributed by atoms with Crippen LogP contribution in [0.2, 0.25) is 0 Å². The summed E-state index contributed by atoms with van der Waals surface area (Å²) in [5, 5.41) is 4.01. The van der Waals surface area contributed by atoms with Crippen LogP contribution in [0.1, 0.15) is 76.4 Å². The summed E-state index contributed by atoms with van der Waals surface area (Å²) in [7, 11) is 0. The number of aryl methyl sites for hydroxylation is 1. The van der Waals surface area contributed by atoms with Crippen molar-refractivity contribution in [3.05, 3.63) is 11.7 Å². The van der Waals surface area contributed by atoms with Gasteiger partial charge in [-0.1, -0.05) is 19.0 Å². The number of piperidine rings is 1. The van der Waals surface area contributed by atoms with Crippen molar-refractivity contribution in [2.75, 3.05) is 6.54 Å². The first-order chi connectivity index (χ1) is 10.6. The third-order valence-corrected chi connectivity index (χ3v) is 4.67. The number of amides is 1. The zero-order valence-electron chi connectivity index (χ0n) is 13.8. The summed E-state index contributed by atoms with van der Waals surface area (Å²) in [5.41, 5.74) is 0. The summed E-state index contributed by atoms with van der Waals surface area (Å²) in [6.45, 7) is 5.37. The van der Waals surface area contributed by atoms with Crippen LogP contribution in [0.3, 0.4) is 0 Å². The molecule has 1 atom stereocenters. The summed E-state index contributed by atoms with van der Waals surface area (Å²) in [4.78, 5) is 19.1. The van der Waals surface area contributed by atoms with Gasteiger partial charge in [-0.3, -0.25) is 4.79 Å². The molecule has 0 spiro atoms. The Labute approximate surface area is 132 Å². The average molecular weight is 305 g/mol. The number of hydrogen-bond acceptors (Lipinski definition) is 4. The van der Waals surface area contributed by atoms with E-state index in [9.17, 15) is 4.79 Å². The lowest BCUT2D eigenvalue weighted by Gasteiger charge is -2.37. The van der Waals surface area contributed by atoms with Gasteiger partial charge in [-0.05, 0) is 44.4 Å². The van der Waals surface area contributed by atoms with Gasteiger partial charge in [0, 0.05) is 31.3 Å². The van der Waals surface area contributed by atoms with Gasteiger partial charge in [0.15, 0.2) is 5.82 Å². The Morgan fingerprint density at radius 2 is 2.14 bits per heavy atom. The predicted octanol–water partition coefficient (Wildman–Crippen LogP) is 3.31. The van der Waals surface area contributed by atoms with Gasteiger partial charge in [-0.2, -0.15) is 4.98 Å². The molecular formula is C17H27N3O2. The molecule has 5 nitrogen and oxygen atoms in total. The van der Waals surface area contributed by atoms with Crippen LogP contribution >= 0.6 is 0 Å². The zero-order chi connectivity index (χ0) is 15.5. The van der Waals surface area contributed by atoms with Gasteiger partial charge in [-0.25, -0.2) is 0 Å². The van der Waals surface area contributed by atoms with E-state index in [2.05, 4.69) is 28.9 Å². The van der Waals surface area contributed by atoms with Gasteiger partial charge in [-0.15, -0.1) is 0 Å². The van der Waals surface area contributed by atoms with Gasteiger partial charge in [0.05, 0.1) is 0 Å². The van der Waals surface area contributed by atoms with Crippen LogP contribution in [-0.2, 0) is 11.2 Å². The monoisotopic (exact) mass is 305 g/mol. The summed E-state index contributed by atoms with van der Waals surface area (Å²) in [6, 6.07) is 0.422. The quantitative estimate of drug-likeness (QED) is 0.809. The van der Waals surface area contributed by atoms with E-state index in [-0.39, 0.29) is 5.91 Å². The van der Waals surface area contributed by atoms with Crippen molar-refractivity contribution in [2.45, 2.75) is 77.2 Å². The molecule has 0 aromatic carbocycles. The average Bonchev–Trinajstić information content (AvgIpc) is 3.24. The number of carbonyl (C=O) groups excluding carboxylic acids is 1. The van der Waals surface area contributed by atoms with E-state index in [1.165, 1.54) is 19.3 Å². The van der Waals surface area contributed by atoms with Gasteiger partial charge in [0.25, 0.3) is 0 Å². The molecule has 2 aliphatic rings. The third-order valence-electron chi connectivity index (χ3n) is 4.67. The van der Waals surface area contributed by atoms with E-state index in [0.717, 1.165) is 31.6 Å². The summed E-state index contributed by atoms with van der Waals surface area (Å²) in [5.74, 6) is 2.84. The van der Waals surface area contributed by atoms with E-state index >= 15 is 0 Å². The largest absolute Gasteiger partial charge is 0.340 e. The van der Waals surface area contributed by atoms with Crippen LogP contribution in [0, 0.1) is 5.92 Å². The Morgan fingerprint density at radius 1 is 1.32 bits per heavy atom. The van der Waals surface area contributed by atoms with Crippen LogP contribution in [0.25, 0.3) is 0 Å². The minimum atomic E-state index is 0.247. The molecular weight excluding hydrogens is 278 g/mol. The first-order valence-electron chi connectivity index (χ1n) is 8.75. The second-order valence-corrected chi connectivity index (χ2v) is 7.19. The molecule has 1 aliphatic carbocycles. The molecule has 1 aromatic rings. The van der Waals surface area contributed by atoms with Crippen LogP contribution < -0.4 is 0 Å². The zero-order valence-corrected chi connectivity index (χ0v) is 13.8. The molecule has 1 saturated heterocycles. The molecule has 0 N–H and O–H groups in total. The van der Waals surface area contributed by atoms with E-state index in [1.807, 2.05) is 0 Å². The molecule has 1 aliphatic heterocycles. The maximum absolute atomic E-state index is 12.6. The van der Waals surface area contributed by atoms with Crippen molar-refractivity contribution in [3.8, 4) is 0 Å². The maximum atomic E-state index is 12.6. The van der Waals surface area contributed by atoms with E-state index in [0.29, 0.717) is 36.6 Å². The maximum Gasteiger partial charge on any atom is 0.227 e. The van der Waals surface area contributed by atoms with Crippen LogP contribution in [0.15, 0.2) is 4.52 Å². The highest BCUT2D eigenvalue weighted by molar-refractivity contribution is 5.76. The molecule has 1 aromatic heterocycles. The first-order valence-corrected chi connectivity index (χ1v) is 8.75. The fraction of sp³-hybridized carbons (Fsp3) is 0.824. The highest BCUT2D eigenvalue weighted by Gasteiger charge is 2.30. The molecule has 1 unspecified atom stereocenters. The second-order valence-electron chi connectivity index (χ2n) is 7.19. The van der Waals surface area contributed by atoms with Crippen molar-refractivity contribution in [2.24, 2.45) is 5.92 Å². The van der Waals surface area contributed by atoms with Gasteiger partial charge in [0.2, 0.25) is 11.8 Å². The first kappa shape index (κ1) is 15.5. The second kappa shape index (κ2) is 6.80. The normalized spacial score (nSPS) is 22.3. The molecule has 1 saturated carbocycles. The standard InChI is InChI=1S/C17H27N3O2/c1-12(2)11-14-5-3-4-10-20(14)16(21)9-8-15-18-17(19-22-15)13-6-7-13/h12-14H,3-11H2,1-2H3. The SMILES string of the molecule is CC(C)CC1CCCCN1C(=O)CCc1nc(C2CC2)no1.